The van der Waals surface area contributed by atoms with Gasteiger partial charge in [-0.3, -0.25) is 4.79 Å². The van der Waals surface area contributed by atoms with Gasteiger partial charge in [0.05, 0.1) is 16.3 Å². The van der Waals surface area contributed by atoms with Gasteiger partial charge in [0, 0.05) is 22.5 Å². The fraction of sp³-hybridized carbons (Fsp3) is 0.0556. The highest BCUT2D eigenvalue weighted by molar-refractivity contribution is 7.90. The lowest BCUT2D eigenvalue weighted by atomic mass is 10.1. The molecule has 0 spiro atoms. The summed E-state index contributed by atoms with van der Waals surface area (Å²) >= 11 is 11.9. The number of carbonyl (C=O) groups excluding carboxylic acids is 1. The molecule has 1 aromatic heterocycles. The Balaban J connectivity index is 1.84. The average Bonchev–Trinajstić information content (AvgIpc) is 2.61. The van der Waals surface area contributed by atoms with Gasteiger partial charge in [-0.1, -0.05) is 35.3 Å². The predicted molar refractivity (Wildman–Crippen MR) is 105 cm³/mol. The van der Waals surface area contributed by atoms with Crippen LogP contribution < -0.4 is 5.32 Å². The molecule has 9 heteroatoms. The molecule has 1 N–H and O–H groups in total. The monoisotopic (exact) mass is 421 g/mol. The fourth-order valence-electron chi connectivity index (χ4n) is 2.30. The zero-order valence-corrected chi connectivity index (χ0v) is 16.3. The third kappa shape index (κ3) is 4.63. The Hall–Kier alpha value is -2.48. The highest BCUT2D eigenvalue weighted by Gasteiger charge is 2.13. The molecule has 1 heterocycles. The van der Waals surface area contributed by atoms with Crippen LogP contribution in [-0.2, 0) is 9.84 Å². The van der Waals surface area contributed by atoms with Gasteiger partial charge >= 0.3 is 0 Å². The summed E-state index contributed by atoms with van der Waals surface area (Å²) in [5.74, 6) is -0.382. The molecule has 2 aromatic carbocycles. The third-order valence-corrected chi connectivity index (χ3v) is 5.14. The summed E-state index contributed by atoms with van der Waals surface area (Å²) in [6.07, 6.45) is 1.06. The van der Waals surface area contributed by atoms with Crippen LogP contribution in [0.15, 0.2) is 59.6 Å². The number of rotatable bonds is 4. The highest BCUT2D eigenvalue weighted by atomic mass is 35.5. The molecular formula is C18H13Cl2N3O3S. The van der Waals surface area contributed by atoms with E-state index in [1.165, 1.54) is 12.1 Å². The van der Waals surface area contributed by atoms with Gasteiger partial charge < -0.3 is 5.32 Å². The first-order chi connectivity index (χ1) is 12.7. The Morgan fingerprint density at radius 3 is 2.41 bits per heavy atom. The van der Waals surface area contributed by atoms with Crippen LogP contribution in [0.3, 0.4) is 0 Å². The van der Waals surface area contributed by atoms with E-state index in [1.54, 1.807) is 42.5 Å². The molecular weight excluding hydrogens is 409 g/mol. The van der Waals surface area contributed by atoms with E-state index >= 15 is 0 Å². The van der Waals surface area contributed by atoms with Crippen molar-refractivity contribution in [2.75, 3.05) is 11.6 Å². The number of nitrogens with zero attached hydrogens (tertiary/aromatic N) is 2. The SMILES string of the molecule is CS(=O)(=O)c1ccc(-c2cccc(NC(=O)c3ccc(Cl)cc3Cl)c2)nn1. The number of nitrogens with one attached hydrogen (secondary N) is 1. The zero-order chi connectivity index (χ0) is 19.6. The van der Waals surface area contributed by atoms with Crippen LogP contribution in [0.4, 0.5) is 5.69 Å². The average molecular weight is 422 g/mol. The molecule has 1 amide bonds. The van der Waals surface area contributed by atoms with Gasteiger partial charge in [-0.25, -0.2) is 8.42 Å². The topological polar surface area (TPSA) is 89.0 Å². The molecule has 0 aliphatic rings. The molecule has 0 aliphatic carbocycles. The number of aromatic nitrogens is 2. The lowest BCUT2D eigenvalue weighted by molar-refractivity contribution is 0.102. The second-order valence-electron chi connectivity index (χ2n) is 5.69. The molecule has 0 radical (unpaired) electrons. The molecule has 0 saturated carbocycles. The van der Waals surface area contributed by atoms with E-state index in [9.17, 15) is 13.2 Å². The van der Waals surface area contributed by atoms with E-state index in [0.29, 0.717) is 27.5 Å². The number of carbonyl (C=O) groups is 1. The Bertz CT molecular complexity index is 1120. The molecule has 0 atom stereocenters. The molecule has 6 nitrogen and oxygen atoms in total. The molecule has 0 bridgehead atoms. The highest BCUT2D eigenvalue weighted by Crippen LogP contribution is 2.24. The van der Waals surface area contributed by atoms with Crippen molar-refractivity contribution in [3.8, 4) is 11.3 Å². The lowest BCUT2D eigenvalue weighted by Gasteiger charge is -2.09. The third-order valence-electron chi connectivity index (χ3n) is 3.61. The van der Waals surface area contributed by atoms with Crippen molar-refractivity contribution in [1.29, 1.82) is 0 Å². The van der Waals surface area contributed by atoms with Crippen LogP contribution in [0.25, 0.3) is 11.3 Å². The van der Waals surface area contributed by atoms with Gasteiger partial charge in [0.15, 0.2) is 14.9 Å². The van der Waals surface area contributed by atoms with Crippen molar-refractivity contribution in [1.82, 2.24) is 10.2 Å². The van der Waals surface area contributed by atoms with Crippen LogP contribution in [0.1, 0.15) is 10.4 Å². The van der Waals surface area contributed by atoms with E-state index in [2.05, 4.69) is 15.5 Å². The van der Waals surface area contributed by atoms with Crippen molar-refractivity contribution in [3.05, 3.63) is 70.2 Å². The maximum Gasteiger partial charge on any atom is 0.257 e. The normalized spacial score (nSPS) is 11.2. The number of benzene rings is 2. The quantitative estimate of drug-likeness (QED) is 0.684. The maximum absolute atomic E-state index is 12.4. The Labute approximate surface area is 166 Å². The Morgan fingerprint density at radius 1 is 1.00 bits per heavy atom. The van der Waals surface area contributed by atoms with Crippen LogP contribution in [0.5, 0.6) is 0 Å². The van der Waals surface area contributed by atoms with E-state index in [4.69, 9.17) is 23.2 Å². The van der Waals surface area contributed by atoms with Gasteiger partial charge in [0.25, 0.3) is 5.91 Å². The summed E-state index contributed by atoms with van der Waals surface area (Å²) in [4.78, 5) is 12.4. The van der Waals surface area contributed by atoms with E-state index in [-0.39, 0.29) is 16.0 Å². The van der Waals surface area contributed by atoms with Crippen molar-refractivity contribution in [2.24, 2.45) is 0 Å². The Morgan fingerprint density at radius 2 is 1.78 bits per heavy atom. The number of halogens is 2. The van der Waals surface area contributed by atoms with Crippen LogP contribution in [0, 0.1) is 0 Å². The first-order valence-corrected chi connectivity index (χ1v) is 10.3. The summed E-state index contributed by atoms with van der Waals surface area (Å²) in [6, 6.07) is 14.5. The van der Waals surface area contributed by atoms with Crippen molar-refractivity contribution in [3.63, 3.8) is 0 Å². The van der Waals surface area contributed by atoms with Crippen LogP contribution in [-0.4, -0.2) is 30.8 Å². The molecule has 0 saturated heterocycles. The Kier molecular flexibility index (Phi) is 5.46. The largest absolute Gasteiger partial charge is 0.322 e. The van der Waals surface area contributed by atoms with Gasteiger partial charge in [0.2, 0.25) is 0 Å². The zero-order valence-electron chi connectivity index (χ0n) is 14.0. The minimum absolute atomic E-state index is 0.104. The van der Waals surface area contributed by atoms with Crippen molar-refractivity contribution in [2.45, 2.75) is 5.03 Å². The summed E-state index contributed by atoms with van der Waals surface area (Å²) < 4.78 is 22.9. The van der Waals surface area contributed by atoms with Crippen LogP contribution >= 0.6 is 23.2 Å². The van der Waals surface area contributed by atoms with E-state index < -0.39 is 9.84 Å². The molecule has 3 rings (SSSR count). The minimum Gasteiger partial charge on any atom is -0.322 e. The number of amides is 1. The summed E-state index contributed by atoms with van der Waals surface area (Å²) in [7, 11) is -3.42. The van der Waals surface area contributed by atoms with Gasteiger partial charge in [0.1, 0.15) is 0 Å². The summed E-state index contributed by atoms with van der Waals surface area (Å²) in [5, 5.41) is 11.0. The molecule has 138 valence electrons. The van der Waals surface area contributed by atoms with E-state index in [0.717, 1.165) is 6.26 Å². The van der Waals surface area contributed by atoms with E-state index in [1.807, 2.05) is 0 Å². The van der Waals surface area contributed by atoms with Crippen molar-refractivity contribution >= 4 is 44.6 Å². The second kappa shape index (κ2) is 7.64. The van der Waals surface area contributed by atoms with Gasteiger partial charge in [-0.2, -0.15) is 0 Å². The summed E-state index contributed by atoms with van der Waals surface area (Å²) in [5.41, 5.74) is 1.96. The molecule has 3 aromatic rings. The molecule has 0 unspecified atom stereocenters. The minimum atomic E-state index is -3.42. The second-order valence-corrected chi connectivity index (χ2v) is 8.49. The predicted octanol–water partition coefficient (Wildman–Crippen LogP) is 4.11. The first kappa shape index (κ1) is 19.3. The standard InChI is InChI=1S/C18H13Cl2N3O3S/c1-27(25,26)17-8-7-16(22-23-17)11-3-2-4-13(9-11)21-18(24)14-6-5-12(19)10-15(14)20/h2-10H,1H3,(H,21,24). The summed E-state index contributed by atoms with van der Waals surface area (Å²) in [6.45, 7) is 0. The smallest absolute Gasteiger partial charge is 0.257 e. The molecule has 27 heavy (non-hydrogen) atoms. The first-order valence-electron chi connectivity index (χ1n) is 7.65. The molecule has 0 aliphatic heterocycles. The number of hydrogen-bond acceptors (Lipinski definition) is 5. The molecule has 0 fully saturated rings. The van der Waals surface area contributed by atoms with Crippen LogP contribution in [0.2, 0.25) is 10.0 Å². The van der Waals surface area contributed by atoms with Gasteiger partial charge in [-0.05, 0) is 42.5 Å². The maximum atomic E-state index is 12.4. The number of sulfone groups is 1. The van der Waals surface area contributed by atoms with Crippen molar-refractivity contribution < 1.29 is 13.2 Å². The fourth-order valence-corrected chi connectivity index (χ4v) is 3.30. The van der Waals surface area contributed by atoms with Gasteiger partial charge in [-0.15, -0.1) is 10.2 Å². The number of hydrogen-bond donors (Lipinski definition) is 1. The lowest BCUT2D eigenvalue weighted by Crippen LogP contribution is -2.12. The number of anilines is 1.